The number of likely N-dealkylation sites (N-methyl/N-ethyl adjacent to an activating group) is 1. The quantitative estimate of drug-likeness (QED) is 0.290. The number of Topliss-reactive ketones (excluding diaryl/α,β-unsaturated/α-hetero) is 2. The highest BCUT2D eigenvalue weighted by molar-refractivity contribution is 6.32. The van der Waals surface area contributed by atoms with Crippen molar-refractivity contribution < 1.29 is 34.8 Å². The number of ketones is 2. The minimum absolute atomic E-state index is 0.00964. The van der Waals surface area contributed by atoms with E-state index in [0.717, 1.165) is 0 Å². The van der Waals surface area contributed by atoms with E-state index in [9.17, 15) is 34.8 Å². The van der Waals surface area contributed by atoms with Crippen LogP contribution in [-0.2, 0) is 27.3 Å². The summed E-state index contributed by atoms with van der Waals surface area (Å²) in [6, 6.07) is 0.465. The fraction of sp³-hybridized carbons (Fsp3) is 0.519. The van der Waals surface area contributed by atoms with E-state index in [0.29, 0.717) is 28.6 Å². The largest absolute Gasteiger partial charge is 0.508 e. The van der Waals surface area contributed by atoms with Gasteiger partial charge in [-0.15, -0.1) is 0 Å². The Bertz CT molecular complexity index is 1300. The van der Waals surface area contributed by atoms with E-state index in [2.05, 4.69) is 19.2 Å². The van der Waals surface area contributed by atoms with Crippen LogP contribution in [0.2, 0.25) is 5.02 Å². The van der Waals surface area contributed by atoms with Crippen LogP contribution < -0.4 is 11.1 Å². The molecule has 5 atom stereocenters. The highest BCUT2D eigenvalue weighted by Crippen LogP contribution is 2.53. The number of carbonyl (C=O) groups excluding carboxylic acids is 3. The summed E-state index contributed by atoms with van der Waals surface area (Å²) in [5, 5.41) is 48.3. The van der Waals surface area contributed by atoms with Crippen molar-refractivity contribution >= 4 is 34.8 Å². The van der Waals surface area contributed by atoms with E-state index < -0.39 is 58.0 Å². The molecule has 1 aromatic carbocycles. The van der Waals surface area contributed by atoms with Gasteiger partial charge in [0.2, 0.25) is 5.78 Å². The Morgan fingerprint density at radius 2 is 1.87 bits per heavy atom. The van der Waals surface area contributed by atoms with Crippen molar-refractivity contribution in [2.75, 3.05) is 14.1 Å². The summed E-state index contributed by atoms with van der Waals surface area (Å²) in [4.78, 5) is 40.5. The zero-order chi connectivity index (χ0) is 28.4. The first-order valence-electron chi connectivity index (χ1n) is 12.6. The summed E-state index contributed by atoms with van der Waals surface area (Å²) in [6.45, 7) is 6.55. The maximum Gasteiger partial charge on any atom is 0.255 e. The minimum Gasteiger partial charge on any atom is -0.508 e. The van der Waals surface area contributed by atoms with Crippen LogP contribution >= 0.6 is 11.6 Å². The number of benzene rings is 1. The molecule has 1 saturated carbocycles. The third-order valence-corrected chi connectivity index (χ3v) is 8.81. The van der Waals surface area contributed by atoms with Crippen molar-refractivity contribution in [3.8, 4) is 5.75 Å². The molecule has 3 aliphatic carbocycles. The van der Waals surface area contributed by atoms with Crippen LogP contribution in [-0.4, -0.2) is 74.6 Å². The second-order valence-electron chi connectivity index (χ2n) is 11.1. The first kappa shape index (κ1) is 28.1. The van der Waals surface area contributed by atoms with Gasteiger partial charge in [0.05, 0.1) is 11.6 Å². The molecule has 7 N–H and O–H groups in total. The number of aromatic hydroxyl groups is 1. The molecule has 0 heterocycles. The normalized spacial score (nSPS) is 28.0. The van der Waals surface area contributed by atoms with Crippen LogP contribution in [0, 0.1) is 17.8 Å². The number of phenolic OH excluding ortho intramolecular Hbond substituents is 1. The van der Waals surface area contributed by atoms with Gasteiger partial charge < -0.3 is 31.5 Å². The van der Waals surface area contributed by atoms with E-state index in [4.69, 9.17) is 17.3 Å². The zero-order valence-electron chi connectivity index (χ0n) is 22.0. The number of hydrogen-bond acceptors (Lipinski definition) is 9. The first-order valence-corrected chi connectivity index (χ1v) is 12.9. The lowest BCUT2D eigenvalue weighted by molar-refractivity contribution is -0.153. The van der Waals surface area contributed by atoms with E-state index >= 15 is 0 Å². The minimum atomic E-state index is -2.67. The number of carbonyl (C=O) groups is 3. The molecular formula is C27H34ClN3O7. The molecule has 0 saturated heterocycles. The van der Waals surface area contributed by atoms with Gasteiger partial charge in [-0.1, -0.05) is 25.4 Å². The van der Waals surface area contributed by atoms with Crippen LogP contribution in [0.5, 0.6) is 5.75 Å². The molecule has 0 aliphatic heterocycles. The summed E-state index contributed by atoms with van der Waals surface area (Å²) in [5.74, 6) is -6.52. The molecular weight excluding hydrogens is 514 g/mol. The number of nitrogens with zero attached hydrogens (tertiary/aromatic N) is 1. The maximum atomic E-state index is 13.8. The summed E-state index contributed by atoms with van der Waals surface area (Å²) in [5.41, 5.74) is 2.67. The number of aliphatic hydroxyl groups is 3. The Morgan fingerprint density at radius 3 is 2.42 bits per heavy atom. The highest BCUT2D eigenvalue weighted by atomic mass is 35.5. The molecule has 38 heavy (non-hydrogen) atoms. The number of hydrogen-bond donors (Lipinski definition) is 6. The van der Waals surface area contributed by atoms with Crippen molar-refractivity contribution in [2.45, 2.75) is 57.8 Å². The molecule has 1 fully saturated rings. The van der Waals surface area contributed by atoms with E-state index in [1.165, 1.54) is 11.0 Å². The molecule has 4 rings (SSSR count). The number of aliphatic hydroxyl groups excluding tert-OH is 2. The van der Waals surface area contributed by atoms with Crippen molar-refractivity contribution in [2.24, 2.45) is 23.5 Å². The van der Waals surface area contributed by atoms with E-state index in [-0.39, 0.29) is 35.8 Å². The Morgan fingerprint density at radius 1 is 1.24 bits per heavy atom. The van der Waals surface area contributed by atoms with Gasteiger partial charge in [-0.3, -0.25) is 19.3 Å². The molecule has 10 nitrogen and oxygen atoms in total. The number of nitrogens with two attached hydrogens (primary N) is 1. The Balaban J connectivity index is 1.86. The van der Waals surface area contributed by atoms with Crippen molar-refractivity contribution in [3.63, 3.8) is 0 Å². The predicted octanol–water partition coefficient (Wildman–Crippen LogP) is 1.75. The van der Waals surface area contributed by atoms with Crippen LogP contribution in [0.1, 0.15) is 43.9 Å². The second-order valence-corrected chi connectivity index (χ2v) is 11.5. The third-order valence-electron chi connectivity index (χ3n) is 8.34. The molecule has 3 aliphatic rings. The van der Waals surface area contributed by atoms with Crippen LogP contribution in [0.15, 0.2) is 23.0 Å². The molecule has 0 radical (unpaired) electrons. The van der Waals surface area contributed by atoms with Crippen LogP contribution in [0.4, 0.5) is 0 Å². The summed E-state index contributed by atoms with van der Waals surface area (Å²) < 4.78 is 0. The van der Waals surface area contributed by atoms with Crippen molar-refractivity contribution in [3.05, 3.63) is 44.7 Å². The van der Waals surface area contributed by atoms with Gasteiger partial charge in [0, 0.05) is 29.1 Å². The number of halogens is 1. The highest BCUT2D eigenvalue weighted by Gasteiger charge is 2.64. The summed E-state index contributed by atoms with van der Waals surface area (Å²) >= 11 is 6.76. The van der Waals surface area contributed by atoms with Gasteiger partial charge in [0.1, 0.15) is 22.8 Å². The smallest absolute Gasteiger partial charge is 0.255 e. The van der Waals surface area contributed by atoms with E-state index in [1.807, 2.05) is 6.92 Å². The Kier molecular flexibility index (Phi) is 7.15. The monoisotopic (exact) mass is 547 g/mol. The Hall–Kier alpha value is -2.92. The molecule has 1 amide bonds. The van der Waals surface area contributed by atoms with Gasteiger partial charge in [-0.25, -0.2) is 0 Å². The fourth-order valence-corrected chi connectivity index (χ4v) is 6.28. The average Bonchev–Trinajstić information content (AvgIpc) is 2.81. The molecule has 206 valence electrons. The van der Waals surface area contributed by atoms with Gasteiger partial charge in [0.25, 0.3) is 5.91 Å². The molecule has 0 spiro atoms. The van der Waals surface area contributed by atoms with Crippen LogP contribution in [0.25, 0.3) is 5.76 Å². The standard InChI is InChI=1S/C27H34ClN3O7/c1-10(2)11(3)30-9-13-8-16(32)18-14(20(13)28)6-12-7-15-21(31(4)5)23(34)19(26(29)37)25(36)27(15,38)24(35)17(12)22(18)33/h8,10-12,15,21,30,32-33,36,38H,6-7,9H2,1-5H3,(H2,29,37)/t11-,12-,15-,21-,27-/m0/s1. The van der Waals surface area contributed by atoms with Gasteiger partial charge in [0.15, 0.2) is 11.4 Å². The zero-order valence-corrected chi connectivity index (χ0v) is 22.8. The molecule has 0 bridgehead atoms. The predicted molar refractivity (Wildman–Crippen MR) is 140 cm³/mol. The number of primary amides is 1. The first-order chi connectivity index (χ1) is 17.6. The third kappa shape index (κ3) is 4.02. The second kappa shape index (κ2) is 9.68. The van der Waals surface area contributed by atoms with Crippen molar-refractivity contribution in [1.82, 2.24) is 10.2 Å². The van der Waals surface area contributed by atoms with E-state index in [1.54, 1.807) is 14.1 Å². The number of phenols is 1. The number of fused-ring (bicyclic) bond motifs is 3. The lowest BCUT2D eigenvalue weighted by Gasteiger charge is -2.50. The van der Waals surface area contributed by atoms with Gasteiger partial charge >= 0.3 is 0 Å². The maximum absolute atomic E-state index is 13.8. The molecule has 1 aromatic rings. The van der Waals surface area contributed by atoms with Crippen LogP contribution in [0.3, 0.4) is 0 Å². The average molecular weight is 548 g/mol. The fourth-order valence-electron chi connectivity index (χ4n) is 5.98. The van der Waals surface area contributed by atoms with Crippen molar-refractivity contribution in [1.29, 1.82) is 0 Å². The molecule has 0 unspecified atom stereocenters. The molecule has 0 aromatic heterocycles. The lowest BCUT2D eigenvalue weighted by atomic mass is 9.57. The lowest BCUT2D eigenvalue weighted by Crippen LogP contribution is -2.65. The number of rotatable bonds is 6. The molecule has 11 heteroatoms. The number of amides is 1. The SMILES string of the molecule is CC(C)[C@H](C)NCc1cc(O)c2c(c1Cl)C[C@H]1C[C@H]3[C@H](N(C)C)C(=O)C(C(N)=O)=C(O)[C@@]3(O)C(=O)C1=C2O. The number of nitrogens with one attached hydrogen (secondary N) is 1. The topological polar surface area (TPSA) is 173 Å². The summed E-state index contributed by atoms with van der Waals surface area (Å²) in [6.07, 6.45) is 0.157. The van der Waals surface area contributed by atoms with Gasteiger partial charge in [-0.2, -0.15) is 0 Å². The Labute approximate surface area is 225 Å². The van der Waals surface area contributed by atoms with Gasteiger partial charge in [-0.05, 0) is 62.9 Å². The summed E-state index contributed by atoms with van der Waals surface area (Å²) in [7, 11) is 3.11.